The standard InChI is InChI=1S/C33H36N2O2/c1-32(2,3)30(31(36)34-24-25-20-22-29(37-4)23-21-25)35-33(26-14-8-5-9-15-26,27-16-10-6-11-17-27)28-18-12-7-13-19-28/h5-23,30,35H,24H2,1-4H3,(H,34,36). The maximum Gasteiger partial charge on any atom is 0.237 e. The van der Waals surface area contributed by atoms with Crippen molar-refractivity contribution in [2.75, 3.05) is 7.11 Å². The van der Waals surface area contributed by atoms with E-state index in [4.69, 9.17) is 4.74 Å². The zero-order valence-corrected chi connectivity index (χ0v) is 22.1. The zero-order chi connectivity index (χ0) is 26.3. The zero-order valence-electron chi connectivity index (χ0n) is 22.1. The van der Waals surface area contributed by atoms with Crippen molar-refractivity contribution in [3.8, 4) is 5.75 Å². The van der Waals surface area contributed by atoms with Gasteiger partial charge < -0.3 is 10.1 Å². The molecular formula is C33H36N2O2. The van der Waals surface area contributed by atoms with E-state index in [1.165, 1.54) is 0 Å². The van der Waals surface area contributed by atoms with Crippen molar-refractivity contribution in [2.24, 2.45) is 5.41 Å². The van der Waals surface area contributed by atoms with E-state index < -0.39 is 11.6 Å². The molecule has 4 heteroatoms. The lowest BCUT2D eigenvalue weighted by atomic mass is 9.74. The monoisotopic (exact) mass is 492 g/mol. The lowest BCUT2D eigenvalue weighted by Gasteiger charge is -2.43. The molecule has 37 heavy (non-hydrogen) atoms. The summed E-state index contributed by atoms with van der Waals surface area (Å²) in [6.45, 7) is 6.74. The van der Waals surface area contributed by atoms with Crippen molar-refractivity contribution in [3.05, 3.63) is 138 Å². The maximum absolute atomic E-state index is 13.9. The first-order valence-corrected chi connectivity index (χ1v) is 12.7. The van der Waals surface area contributed by atoms with Crippen molar-refractivity contribution in [1.82, 2.24) is 10.6 Å². The van der Waals surface area contributed by atoms with Gasteiger partial charge in [0.1, 0.15) is 5.75 Å². The van der Waals surface area contributed by atoms with Gasteiger partial charge in [-0.25, -0.2) is 0 Å². The largest absolute Gasteiger partial charge is 0.497 e. The van der Waals surface area contributed by atoms with E-state index in [2.05, 4.69) is 67.8 Å². The molecule has 1 amide bonds. The highest BCUT2D eigenvalue weighted by Crippen LogP contribution is 2.39. The Hall–Kier alpha value is -3.89. The van der Waals surface area contributed by atoms with E-state index >= 15 is 0 Å². The molecule has 190 valence electrons. The maximum atomic E-state index is 13.9. The Bertz CT molecular complexity index is 1170. The number of rotatable bonds is 9. The Labute approximate surface area is 220 Å². The van der Waals surface area contributed by atoms with Crippen LogP contribution in [0.4, 0.5) is 0 Å². The molecule has 0 aliphatic carbocycles. The summed E-state index contributed by atoms with van der Waals surface area (Å²) >= 11 is 0. The Balaban J connectivity index is 1.77. The molecule has 0 saturated carbocycles. The molecule has 4 aromatic carbocycles. The molecule has 1 atom stereocenters. The van der Waals surface area contributed by atoms with Crippen molar-refractivity contribution < 1.29 is 9.53 Å². The number of carbonyl (C=O) groups is 1. The minimum atomic E-state index is -0.737. The van der Waals surface area contributed by atoms with E-state index in [1.807, 2.05) is 78.9 Å². The van der Waals surface area contributed by atoms with Crippen LogP contribution >= 0.6 is 0 Å². The fourth-order valence-corrected chi connectivity index (χ4v) is 4.74. The third kappa shape index (κ3) is 5.92. The molecule has 0 heterocycles. The fourth-order valence-electron chi connectivity index (χ4n) is 4.74. The Morgan fingerprint density at radius 1 is 0.703 bits per heavy atom. The quantitative estimate of drug-likeness (QED) is 0.269. The van der Waals surface area contributed by atoms with E-state index in [-0.39, 0.29) is 11.3 Å². The third-order valence-corrected chi connectivity index (χ3v) is 6.74. The Morgan fingerprint density at radius 3 is 1.51 bits per heavy atom. The topological polar surface area (TPSA) is 50.4 Å². The van der Waals surface area contributed by atoms with Crippen LogP contribution in [0.5, 0.6) is 5.75 Å². The number of nitrogens with one attached hydrogen (secondary N) is 2. The molecule has 0 fully saturated rings. The third-order valence-electron chi connectivity index (χ3n) is 6.74. The van der Waals surface area contributed by atoms with Gasteiger partial charge in [-0.3, -0.25) is 10.1 Å². The number of carbonyl (C=O) groups excluding carboxylic acids is 1. The molecule has 0 saturated heterocycles. The van der Waals surface area contributed by atoms with Crippen LogP contribution in [-0.2, 0) is 16.9 Å². The van der Waals surface area contributed by atoms with Crippen molar-refractivity contribution in [2.45, 2.75) is 38.9 Å². The number of methoxy groups -OCH3 is 1. The molecule has 4 aromatic rings. The van der Waals surface area contributed by atoms with Gasteiger partial charge in [0.25, 0.3) is 0 Å². The summed E-state index contributed by atoms with van der Waals surface area (Å²) in [7, 11) is 1.65. The molecule has 4 nitrogen and oxygen atoms in total. The highest BCUT2D eigenvalue weighted by molar-refractivity contribution is 5.83. The number of benzene rings is 4. The van der Waals surface area contributed by atoms with Crippen LogP contribution in [0, 0.1) is 5.41 Å². The van der Waals surface area contributed by atoms with Crippen molar-refractivity contribution in [3.63, 3.8) is 0 Å². The minimum absolute atomic E-state index is 0.0458. The Morgan fingerprint density at radius 2 is 1.14 bits per heavy atom. The first-order valence-electron chi connectivity index (χ1n) is 12.7. The predicted octanol–water partition coefficient (Wildman–Crippen LogP) is 6.31. The molecule has 0 radical (unpaired) electrons. The summed E-state index contributed by atoms with van der Waals surface area (Å²) in [4.78, 5) is 13.9. The molecule has 2 N–H and O–H groups in total. The Kier molecular flexibility index (Phi) is 8.10. The van der Waals surface area contributed by atoms with Crippen LogP contribution in [0.15, 0.2) is 115 Å². The van der Waals surface area contributed by atoms with Crippen molar-refractivity contribution in [1.29, 1.82) is 0 Å². The predicted molar refractivity (Wildman–Crippen MR) is 150 cm³/mol. The lowest BCUT2D eigenvalue weighted by Crippen LogP contribution is -2.59. The van der Waals surface area contributed by atoms with Crippen LogP contribution in [-0.4, -0.2) is 19.1 Å². The molecular weight excluding hydrogens is 456 g/mol. The van der Waals surface area contributed by atoms with Crippen molar-refractivity contribution >= 4 is 5.91 Å². The molecule has 0 aromatic heterocycles. The summed E-state index contributed by atoms with van der Waals surface area (Å²) in [6.07, 6.45) is 0. The number of hydrogen-bond donors (Lipinski definition) is 2. The van der Waals surface area contributed by atoms with Gasteiger partial charge in [-0.1, -0.05) is 124 Å². The summed E-state index contributed by atoms with van der Waals surface area (Å²) < 4.78 is 5.26. The van der Waals surface area contributed by atoms with E-state index in [9.17, 15) is 4.79 Å². The van der Waals surface area contributed by atoms with Gasteiger partial charge >= 0.3 is 0 Å². The molecule has 0 aliphatic rings. The summed E-state index contributed by atoms with van der Waals surface area (Å²) in [5.74, 6) is 0.748. The first-order chi connectivity index (χ1) is 17.8. The number of ether oxygens (including phenoxy) is 1. The summed E-state index contributed by atoms with van der Waals surface area (Å²) in [6, 6.07) is 38.4. The fraction of sp³-hybridized carbons (Fsp3) is 0.242. The summed E-state index contributed by atoms with van der Waals surface area (Å²) in [5.41, 5.74) is 3.13. The van der Waals surface area contributed by atoms with Gasteiger partial charge in [0.2, 0.25) is 5.91 Å². The van der Waals surface area contributed by atoms with Crippen LogP contribution in [0.25, 0.3) is 0 Å². The molecule has 4 rings (SSSR count). The van der Waals surface area contributed by atoms with Gasteiger partial charge in [-0.2, -0.15) is 0 Å². The molecule has 0 aliphatic heterocycles. The molecule has 0 bridgehead atoms. The number of amides is 1. The SMILES string of the molecule is COc1ccc(CNC(=O)C(NC(c2ccccc2)(c2ccccc2)c2ccccc2)C(C)(C)C)cc1. The second-order valence-electron chi connectivity index (χ2n) is 10.4. The van der Waals surface area contributed by atoms with Crippen LogP contribution < -0.4 is 15.4 Å². The first kappa shape index (κ1) is 26.2. The second-order valence-corrected chi connectivity index (χ2v) is 10.4. The minimum Gasteiger partial charge on any atom is -0.497 e. The van der Waals surface area contributed by atoms with E-state index in [0.717, 1.165) is 28.0 Å². The normalized spacial score (nSPS) is 12.5. The van der Waals surface area contributed by atoms with Gasteiger partial charge in [0, 0.05) is 6.54 Å². The highest BCUT2D eigenvalue weighted by atomic mass is 16.5. The highest BCUT2D eigenvalue weighted by Gasteiger charge is 2.43. The van der Waals surface area contributed by atoms with Crippen LogP contribution in [0.3, 0.4) is 0 Å². The van der Waals surface area contributed by atoms with Gasteiger partial charge in [0.05, 0.1) is 18.7 Å². The molecule has 1 unspecified atom stereocenters. The van der Waals surface area contributed by atoms with Crippen LogP contribution in [0.2, 0.25) is 0 Å². The van der Waals surface area contributed by atoms with Gasteiger partial charge in [0.15, 0.2) is 0 Å². The average molecular weight is 493 g/mol. The second kappa shape index (κ2) is 11.4. The van der Waals surface area contributed by atoms with E-state index in [1.54, 1.807) is 7.11 Å². The lowest BCUT2D eigenvalue weighted by molar-refractivity contribution is -0.126. The average Bonchev–Trinajstić information content (AvgIpc) is 2.93. The van der Waals surface area contributed by atoms with Gasteiger partial charge in [-0.05, 0) is 39.8 Å². The molecule has 0 spiro atoms. The smallest absolute Gasteiger partial charge is 0.237 e. The summed E-state index contributed by atoms with van der Waals surface area (Å²) in [5, 5.41) is 7.06. The van der Waals surface area contributed by atoms with Gasteiger partial charge in [-0.15, -0.1) is 0 Å². The van der Waals surface area contributed by atoms with E-state index in [0.29, 0.717) is 6.54 Å². The number of hydrogen-bond acceptors (Lipinski definition) is 3. The van der Waals surface area contributed by atoms with Crippen LogP contribution in [0.1, 0.15) is 43.0 Å².